The van der Waals surface area contributed by atoms with Crippen molar-refractivity contribution >= 4 is 33.2 Å². The summed E-state index contributed by atoms with van der Waals surface area (Å²) in [5, 5.41) is 15.5. The molecular formula is C16H17BrN2O2. The molecule has 0 saturated heterocycles. The quantitative estimate of drug-likeness (QED) is 0.736. The van der Waals surface area contributed by atoms with Crippen LogP contribution in [0.4, 0.5) is 11.4 Å². The Morgan fingerprint density at radius 3 is 2.52 bits per heavy atom. The van der Waals surface area contributed by atoms with E-state index in [2.05, 4.69) is 26.6 Å². The largest absolute Gasteiger partial charge is 0.506 e. The Labute approximate surface area is 132 Å². The lowest BCUT2D eigenvalue weighted by Gasteiger charge is -2.11. The summed E-state index contributed by atoms with van der Waals surface area (Å²) < 4.78 is 1.000. The van der Waals surface area contributed by atoms with Crippen LogP contribution in [0.25, 0.3) is 0 Å². The molecule has 0 atom stereocenters. The Balaban J connectivity index is 1.96. The van der Waals surface area contributed by atoms with Crippen LogP contribution in [0.1, 0.15) is 11.1 Å². The van der Waals surface area contributed by atoms with Gasteiger partial charge in [0.15, 0.2) is 0 Å². The molecule has 0 aliphatic heterocycles. The lowest BCUT2D eigenvalue weighted by atomic mass is 10.2. The minimum atomic E-state index is -0.212. The molecule has 0 radical (unpaired) electrons. The minimum Gasteiger partial charge on any atom is -0.506 e. The number of halogens is 1. The molecule has 0 spiro atoms. The van der Waals surface area contributed by atoms with Gasteiger partial charge in [-0.15, -0.1) is 0 Å². The van der Waals surface area contributed by atoms with E-state index in [0.29, 0.717) is 5.69 Å². The summed E-state index contributed by atoms with van der Waals surface area (Å²) in [4.78, 5) is 11.9. The normalized spacial score (nSPS) is 10.2. The van der Waals surface area contributed by atoms with Gasteiger partial charge in [0.05, 0.1) is 12.2 Å². The van der Waals surface area contributed by atoms with Crippen molar-refractivity contribution < 1.29 is 9.90 Å². The van der Waals surface area contributed by atoms with Crippen LogP contribution in [0.15, 0.2) is 40.9 Å². The van der Waals surface area contributed by atoms with Gasteiger partial charge in [-0.05, 0) is 55.3 Å². The van der Waals surface area contributed by atoms with Gasteiger partial charge in [0.1, 0.15) is 5.75 Å². The average molecular weight is 349 g/mol. The van der Waals surface area contributed by atoms with Crippen molar-refractivity contribution in [3.05, 3.63) is 52.0 Å². The van der Waals surface area contributed by atoms with Crippen LogP contribution < -0.4 is 10.6 Å². The molecule has 0 aromatic heterocycles. The lowest BCUT2D eigenvalue weighted by molar-refractivity contribution is -0.114. The lowest BCUT2D eigenvalue weighted by Crippen LogP contribution is -2.22. The molecule has 0 bridgehead atoms. The van der Waals surface area contributed by atoms with Crippen LogP contribution in [0.3, 0.4) is 0 Å². The molecular weight excluding hydrogens is 332 g/mol. The second-order valence-electron chi connectivity index (χ2n) is 4.88. The number of benzene rings is 2. The van der Waals surface area contributed by atoms with Gasteiger partial charge in [-0.25, -0.2) is 0 Å². The number of carbonyl (C=O) groups excluding carboxylic acids is 1. The van der Waals surface area contributed by atoms with Gasteiger partial charge in [-0.3, -0.25) is 4.79 Å². The van der Waals surface area contributed by atoms with Crippen LogP contribution in [0.2, 0.25) is 0 Å². The van der Waals surface area contributed by atoms with Gasteiger partial charge in [-0.2, -0.15) is 0 Å². The van der Waals surface area contributed by atoms with Crippen molar-refractivity contribution in [3.8, 4) is 5.75 Å². The number of carbonyl (C=O) groups is 1. The fraction of sp³-hybridized carbons (Fsp3) is 0.188. The molecule has 0 heterocycles. The molecule has 0 saturated carbocycles. The number of aromatic hydroxyl groups is 1. The molecule has 0 fully saturated rings. The van der Waals surface area contributed by atoms with Crippen LogP contribution in [-0.4, -0.2) is 17.6 Å². The first kappa shape index (κ1) is 15.4. The number of anilines is 2. The van der Waals surface area contributed by atoms with Gasteiger partial charge in [0.2, 0.25) is 5.91 Å². The highest BCUT2D eigenvalue weighted by Gasteiger charge is 2.07. The summed E-state index contributed by atoms with van der Waals surface area (Å²) in [6, 6.07) is 10.9. The zero-order valence-electron chi connectivity index (χ0n) is 11.9. The number of amides is 1. The van der Waals surface area contributed by atoms with E-state index in [9.17, 15) is 9.90 Å². The Hall–Kier alpha value is -2.01. The molecule has 1 amide bonds. The highest BCUT2D eigenvalue weighted by molar-refractivity contribution is 9.10. The molecule has 0 unspecified atom stereocenters. The monoisotopic (exact) mass is 348 g/mol. The molecule has 2 rings (SSSR count). The van der Waals surface area contributed by atoms with Crippen molar-refractivity contribution in [1.82, 2.24) is 0 Å². The fourth-order valence-electron chi connectivity index (χ4n) is 1.94. The predicted octanol–water partition coefficient (Wildman–Crippen LogP) is 3.82. The van der Waals surface area contributed by atoms with Gasteiger partial charge in [-0.1, -0.05) is 22.0 Å². The van der Waals surface area contributed by atoms with E-state index in [4.69, 9.17) is 0 Å². The van der Waals surface area contributed by atoms with Gasteiger partial charge in [0.25, 0.3) is 0 Å². The fourth-order valence-corrected chi connectivity index (χ4v) is 2.42. The maximum atomic E-state index is 11.9. The summed E-state index contributed by atoms with van der Waals surface area (Å²) in [6.45, 7) is 3.98. The third kappa shape index (κ3) is 4.23. The summed E-state index contributed by atoms with van der Waals surface area (Å²) in [5.74, 6) is -0.139. The molecule has 0 aliphatic carbocycles. The summed E-state index contributed by atoms with van der Waals surface area (Å²) >= 11 is 3.40. The van der Waals surface area contributed by atoms with Crippen LogP contribution in [0, 0.1) is 13.8 Å². The number of rotatable bonds is 4. The van der Waals surface area contributed by atoms with E-state index in [1.165, 1.54) is 0 Å². The Morgan fingerprint density at radius 1 is 1.14 bits per heavy atom. The average Bonchev–Trinajstić information content (AvgIpc) is 2.41. The third-order valence-electron chi connectivity index (χ3n) is 3.06. The van der Waals surface area contributed by atoms with Crippen molar-refractivity contribution in [2.45, 2.75) is 13.8 Å². The highest BCUT2D eigenvalue weighted by atomic mass is 79.9. The van der Waals surface area contributed by atoms with E-state index in [-0.39, 0.29) is 18.2 Å². The molecule has 2 aromatic rings. The number of phenols is 1. The van der Waals surface area contributed by atoms with E-state index in [0.717, 1.165) is 21.3 Å². The maximum absolute atomic E-state index is 11.9. The van der Waals surface area contributed by atoms with E-state index >= 15 is 0 Å². The Morgan fingerprint density at radius 2 is 1.86 bits per heavy atom. The first-order valence-corrected chi connectivity index (χ1v) is 7.34. The Bertz CT molecular complexity index is 671. The molecule has 21 heavy (non-hydrogen) atoms. The van der Waals surface area contributed by atoms with Crippen LogP contribution in [-0.2, 0) is 4.79 Å². The number of hydrogen-bond donors (Lipinski definition) is 3. The second-order valence-corrected chi connectivity index (χ2v) is 5.80. The van der Waals surface area contributed by atoms with Crippen molar-refractivity contribution in [2.24, 2.45) is 0 Å². The molecule has 5 heteroatoms. The van der Waals surface area contributed by atoms with Crippen LogP contribution >= 0.6 is 15.9 Å². The maximum Gasteiger partial charge on any atom is 0.243 e. The first-order chi connectivity index (χ1) is 9.95. The van der Waals surface area contributed by atoms with Crippen molar-refractivity contribution in [1.29, 1.82) is 0 Å². The topological polar surface area (TPSA) is 61.4 Å². The Kier molecular flexibility index (Phi) is 4.85. The van der Waals surface area contributed by atoms with Crippen molar-refractivity contribution in [3.63, 3.8) is 0 Å². The van der Waals surface area contributed by atoms with Gasteiger partial charge < -0.3 is 15.7 Å². The smallest absolute Gasteiger partial charge is 0.243 e. The molecule has 2 aromatic carbocycles. The SMILES string of the molecule is Cc1ccc(NC(=O)CNc2ccc(Br)cc2C)c(O)c1. The van der Waals surface area contributed by atoms with Gasteiger partial charge >= 0.3 is 0 Å². The number of hydrogen-bond acceptors (Lipinski definition) is 3. The zero-order valence-corrected chi connectivity index (χ0v) is 13.5. The first-order valence-electron chi connectivity index (χ1n) is 6.55. The van der Waals surface area contributed by atoms with Crippen molar-refractivity contribution in [2.75, 3.05) is 17.2 Å². The van der Waals surface area contributed by atoms with Gasteiger partial charge in [0, 0.05) is 10.2 Å². The molecule has 3 N–H and O–H groups in total. The summed E-state index contributed by atoms with van der Waals surface area (Å²) in [5.41, 5.74) is 3.31. The highest BCUT2D eigenvalue weighted by Crippen LogP contribution is 2.24. The molecule has 4 nitrogen and oxygen atoms in total. The number of nitrogens with one attached hydrogen (secondary N) is 2. The van der Waals surface area contributed by atoms with E-state index in [1.807, 2.05) is 38.1 Å². The zero-order chi connectivity index (χ0) is 15.4. The van der Waals surface area contributed by atoms with Crippen LogP contribution in [0.5, 0.6) is 5.75 Å². The third-order valence-corrected chi connectivity index (χ3v) is 3.55. The van der Waals surface area contributed by atoms with E-state index in [1.54, 1.807) is 12.1 Å². The standard InChI is InChI=1S/C16H17BrN2O2/c1-10-3-5-14(15(20)7-10)19-16(21)9-18-13-6-4-12(17)8-11(13)2/h3-8,18,20H,9H2,1-2H3,(H,19,21). The predicted molar refractivity (Wildman–Crippen MR) is 88.8 cm³/mol. The molecule has 0 aliphatic rings. The number of aryl methyl sites for hydroxylation is 2. The second kappa shape index (κ2) is 6.63. The van der Waals surface area contributed by atoms with E-state index < -0.39 is 0 Å². The summed E-state index contributed by atoms with van der Waals surface area (Å²) in [7, 11) is 0. The summed E-state index contributed by atoms with van der Waals surface area (Å²) in [6.07, 6.45) is 0. The minimum absolute atomic E-state index is 0.0724. The molecule has 110 valence electrons. The number of phenolic OH excluding ortho intramolecular Hbond substituents is 1.